The standard InChI is InChI=1S/C34H33ClN2O5S/c35-30-11-6-25(7-12-30)22-41-33(38)37-19-16-34(17-20-37)15-14-29-21-28(10-13-32(29)42-34)27-8-4-26(5-9-27)23-43(39,40)24-31-3-1-2-18-36-31/h1-13,18,21H,14-17,19-20,22-24H2. The number of amides is 1. The molecule has 2 aliphatic rings. The maximum atomic E-state index is 12.7. The van der Waals surface area contributed by atoms with Crippen molar-refractivity contribution < 1.29 is 22.7 Å². The Balaban J connectivity index is 1.03. The fourth-order valence-corrected chi connectivity index (χ4v) is 7.32. The molecule has 222 valence electrons. The highest BCUT2D eigenvalue weighted by molar-refractivity contribution is 7.89. The van der Waals surface area contributed by atoms with Gasteiger partial charge in [0.05, 0.1) is 17.2 Å². The minimum absolute atomic E-state index is 0.0263. The van der Waals surface area contributed by atoms with Crippen molar-refractivity contribution in [3.05, 3.63) is 119 Å². The van der Waals surface area contributed by atoms with E-state index in [0.29, 0.717) is 23.8 Å². The van der Waals surface area contributed by atoms with E-state index in [4.69, 9.17) is 21.1 Å². The maximum absolute atomic E-state index is 12.7. The minimum Gasteiger partial charge on any atom is -0.487 e. The number of likely N-dealkylation sites (tertiary alicyclic amines) is 1. The number of carbonyl (C=O) groups excluding carboxylic acids is 1. The van der Waals surface area contributed by atoms with E-state index < -0.39 is 9.84 Å². The molecule has 9 heteroatoms. The quantitative estimate of drug-likeness (QED) is 0.222. The molecule has 0 atom stereocenters. The third-order valence-corrected chi connectivity index (χ3v) is 9.97. The van der Waals surface area contributed by atoms with Crippen LogP contribution in [0.15, 0.2) is 91.1 Å². The zero-order valence-electron chi connectivity index (χ0n) is 23.7. The number of halogens is 1. The van der Waals surface area contributed by atoms with Crippen molar-refractivity contribution in [2.75, 3.05) is 13.1 Å². The average Bonchev–Trinajstić information content (AvgIpc) is 3.01. The van der Waals surface area contributed by atoms with Crippen LogP contribution < -0.4 is 4.74 Å². The number of ether oxygens (including phenoxy) is 2. The number of sulfone groups is 1. The largest absolute Gasteiger partial charge is 0.487 e. The molecule has 0 saturated carbocycles. The Bertz CT molecular complexity index is 1690. The molecule has 2 aliphatic heterocycles. The number of pyridine rings is 1. The average molecular weight is 617 g/mol. The zero-order valence-corrected chi connectivity index (χ0v) is 25.3. The number of carbonyl (C=O) groups is 1. The van der Waals surface area contributed by atoms with Crippen LogP contribution in [-0.2, 0) is 39.1 Å². The molecule has 0 N–H and O–H groups in total. The Hall–Kier alpha value is -3.88. The van der Waals surface area contributed by atoms with Crippen LogP contribution in [0, 0.1) is 0 Å². The molecule has 7 nitrogen and oxygen atoms in total. The van der Waals surface area contributed by atoms with Gasteiger partial charge in [-0.3, -0.25) is 4.98 Å². The van der Waals surface area contributed by atoms with E-state index in [1.807, 2.05) is 48.5 Å². The third-order valence-electron chi connectivity index (χ3n) is 8.21. The molecular formula is C34H33ClN2O5S. The van der Waals surface area contributed by atoms with Gasteiger partial charge in [-0.2, -0.15) is 0 Å². The first-order chi connectivity index (χ1) is 20.8. The SMILES string of the molecule is O=C(OCc1ccc(Cl)cc1)N1CCC2(CCc3cc(-c4ccc(CS(=O)(=O)Cc5ccccn5)cc4)ccc3O2)CC1. The smallest absolute Gasteiger partial charge is 0.410 e. The molecular weight excluding hydrogens is 584 g/mol. The Labute approximate surface area is 257 Å². The predicted octanol–water partition coefficient (Wildman–Crippen LogP) is 7.01. The highest BCUT2D eigenvalue weighted by Crippen LogP contribution is 2.41. The molecule has 3 heterocycles. The summed E-state index contributed by atoms with van der Waals surface area (Å²) in [6.07, 6.45) is 4.61. The summed E-state index contributed by atoms with van der Waals surface area (Å²) in [5, 5.41) is 0.652. The molecule has 0 radical (unpaired) electrons. The third kappa shape index (κ3) is 7.20. The van der Waals surface area contributed by atoms with Gasteiger partial charge in [0.25, 0.3) is 0 Å². The summed E-state index contributed by atoms with van der Waals surface area (Å²) < 4.78 is 37.4. The molecule has 1 saturated heterocycles. The van der Waals surface area contributed by atoms with E-state index in [2.05, 4.69) is 11.1 Å². The van der Waals surface area contributed by atoms with E-state index in [1.165, 1.54) is 0 Å². The van der Waals surface area contributed by atoms with E-state index >= 15 is 0 Å². The number of aryl methyl sites for hydroxylation is 1. The Morgan fingerprint density at radius 2 is 1.60 bits per heavy atom. The van der Waals surface area contributed by atoms with Crippen molar-refractivity contribution in [1.29, 1.82) is 0 Å². The normalized spacial score (nSPS) is 15.9. The van der Waals surface area contributed by atoms with E-state index in [-0.39, 0.29) is 29.8 Å². The van der Waals surface area contributed by atoms with Crippen LogP contribution >= 0.6 is 11.6 Å². The van der Waals surface area contributed by atoms with E-state index in [0.717, 1.165) is 59.3 Å². The second kappa shape index (κ2) is 12.4. The lowest BCUT2D eigenvalue weighted by molar-refractivity contribution is -0.0150. The second-order valence-corrected chi connectivity index (χ2v) is 13.8. The Morgan fingerprint density at radius 3 is 2.33 bits per heavy atom. The molecule has 6 rings (SSSR count). The van der Waals surface area contributed by atoms with Crippen molar-refractivity contribution >= 4 is 27.5 Å². The lowest BCUT2D eigenvalue weighted by Crippen LogP contribution is -2.51. The molecule has 1 spiro atoms. The van der Waals surface area contributed by atoms with Gasteiger partial charge in [0, 0.05) is 37.2 Å². The molecule has 0 unspecified atom stereocenters. The van der Waals surface area contributed by atoms with Crippen molar-refractivity contribution in [2.45, 2.75) is 49.4 Å². The number of aromatic nitrogens is 1. The molecule has 0 aliphatic carbocycles. The van der Waals surface area contributed by atoms with Crippen LogP contribution in [-0.4, -0.2) is 43.1 Å². The maximum Gasteiger partial charge on any atom is 0.410 e. The summed E-state index contributed by atoms with van der Waals surface area (Å²) in [6, 6.07) is 26.5. The fraction of sp³-hybridized carbons (Fsp3) is 0.294. The van der Waals surface area contributed by atoms with Crippen LogP contribution in [0.3, 0.4) is 0 Å². The van der Waals surface area contributed by atoms with Crippen molar-refractivity contribution in [3.63, 3.8) is 0 Å². The van der Waals surface area contributed by atoms with E-state index in [9.17, 15) is 13.2 Å². The van der Waals surface area contributed by atoms with Crippen LogP contribution in [0.4, 0.5) is 4.79 Å². The van der Waals surface area contributed by atoms with Gasteiger partial charge >= 0.3 is 6.09 Å². The Kier molecular flexibility index (Phi) is 8.41. The number of hydrogen-bond acceptors (Lipinski definition) is 6. The predicted molar refractivity (Wildman–Crippen MR) is 167 cm³/mol. The van der Waals surface area contributed by atoms with Gasteiger partial charge in [0.2, 0.25) is 0 Å². The molecule has 0 bridgehead atoms. The van der Waals surface area contributed by atoms with Crippen LogP contribution in [0.1, 0.15) is 41.6 Å². The van der Waals surface area contributed by atoms with Crippen molar-refractivity contribution in [2.24, 2.45) is 0 Å². The van der Waals surface area contributed by atoms with Crippen LogP contribution in [0.25, 0.3) is 11.1 Å². The van der Waals surface area contributed by atoms with Crippen molar-refractivity contribution in [3.8, 4) is 16.9 Å². The first kappa shape index (κ1) is 29.2. The number of benzene rings is 3. The summed E-state index contributed by atoms with van der Waals surface area (Å²) in [5.41, 5.74) is 5.19. The lowest BCUT2D eigenvalue weighted by Gasteiger charge is -2.44. The molecule has 1 amide bonds. The van der Waals surface area contributed by atoms with Gasteiger partial charge < -0.3 is 14.4 Å². The van der Waals surface area contributed by atoms with Gasteiger partial charge in [-0.15, -0.1) is 0 Å². The summed E-state index contributed by atoms with van der Waals surface area (Å²) in [5.74, 6) is 0.793. The van der Waals surface area contributed by atoms with Crippen molar-refractivity contribution in [1.82, 2.24) is 9.88 Å². The molecule has 1 fully saturated rings. The first-order valence-electron chi connectivity index (χ1n) is 14.4. The summed E-state index contributed by atoms with van der Waals surface area (Å²) in [6.45, 7) is 1.41. The number of fused-ring (bicyclic) bond motifs is 1. The van der Waals surface area contributed by atoms with Gasteiger partial charge in [-0.25, -0.2) is 13.2 Å². The van der Waals surface area contributed by atoms with Crippen LogP contribution in [0.2, 0.25) is 5.02 Å². The molecule has 4 aromatic rings. The second-order valence-electron chi connectivity index (χ2n) is 11.3. The number of nitrogens with zero attached hydrogens (tertiary/aromatic N) is 2. The zero-order chi connectivity index (χ0) is 29.9. The van der Waals surface area contributed by atoms with Gasteiger partial charge in [0.1, 0.15) is 18.0 Å². The summed E-state index contributed by atoms with van der Waals surface area (Å²) in [7, 11) is -3.33. The molecule has 3 aromatic carbocycles. The number of piperidine rings is 1. The highest BCUT2D eigenvalue weighted by Gasteiger charge is 2.40. The minimum atomic E-state index is -3.33. The summed E-state index contributed by atoms with van der Waals surface area (Å²) >= 11 is 5.93. The first-order valence-corrected chi connectivity index (χ1v) is 16.6. The van der Waals surface area contributed by atoms with Crippen LogP contribution in [0.5, 0.6) is 5.75 Å². The van der Waals surface area contributed by atoms with Gasteiger partial charge in [-0.05, 0) is 77.1 Å². The molecule has 43 heavy (non-hydrogen) atoms. The molecule has 1 aromatic heterocycles. The Morgan fingerprint density at radius 1 is 0.884 bits per heavy atom. The fourth-order valence-electron chi connectivity index (χ4n) is 5.77. The highest BCUT2D eigenvalue weighted by atomic mass is 35.5. The van der Waals surface area contributed by atoms with Gasteiger partial charge in [0.15, 0.2) is 9.84 Å². The monoisotopic (exact) mass is 616 g/mol. The topological polar surface area (TPSA) is 85.8 Å². The summed E-state index contributed by atoms with van der Waals surface area (Å²) in [4.78, 5) is 18.5. The number of hydrogen-bond donors (Lipinski definition) is 0. The van der Waals surface area contributed by atoms with Gasteiger partial charge in [-0.1, -0.05) is 60.1 Å². The number of rotatable bonds is 7. The van der Waals surface area contributed by atoms with E-state index in [1.54, 1.807) is 41.4 Å². The lowest BCUT2D eigenvalue weighted by atomic mass is 9.82.